The molecule has 5 nitrogen and oxygen atoms in total. The van der Waals surface area contributed by atoms with Crippen molar-refractivity contribution in [2.24, 2.45) is 0 Å². The number of rotatable bonds is 5. The highest BCUT2D eigenvalue weighted by atomic mass is 19.4. The number of hydrogen-bond donors (Lipinski definition) is 0. The molecule has 3 aromatic rings. The zero-order valence-corrected chi connectivity index (χ0v) is 14.9. The van der Waals surface area contributed by atoms with Crippen LogP contribution in [0.4, 0.5) is 19.0 Å². The monoisotopic (exact) mass is 373 g/mol. The minimum Gasteiger partial charge on any atom is -0.343 e. The average Bonchev–Trinajstić information content (AvgIpc) is 2.61. The summed E-state index contributed by atoms with van der Waals surface area (Å²) in [6.45, 7) is 4.51. The maximum Gasteiger partial charge on any atom is 0.435 e. The van der Waals surface area contributed by atoms with Crippen LogP contribution in [-0.4, -0.2) is 20.2 Å². The average molecular weight is 373 g/mol. The Labute approximate surface area is 154 Å². The Kier molecular flexibility index (Phi) is 5.34. The first-order chi connectivity index (χ1) is 12.8. The van der Waals surface area contributed by atoms with Gasteiger partial charge >= 0.3 is 6.18 Å². The number of nitrogens with zero attached hydrogens (tertiary/aromatic N) is 5. The molecular weight excluding hydrogens is 355 g/mol. The molecule has 0 aliphatic carbocycles. The Morgan fingerprint density at radius 3 is 1.74 bits per heavy atom. The number of pyridine rings is 2. The third-order valence-corrected chi connectivity index (χ3v) is 3.86. The summed E-state index contributed by atoms with van der Waals surface area (Å²) in [4.78, 5) is 10.7. The van der Waals surface area contributed by atoms with Crippen LogP contribution in [0.15, 0.2) is 48.5 Å². The zero-order chi connectivity index (χ0) is 19.4. The first kappa shape index (κ1) is 18.8. The van der Waals surface area contributed by atoms with Gasteiger partial charge in [-0.3, -0.25) is 9.97 Å². The van der Waals surface area contributed by atoms with Gasteiger partial charge in [0.2, 0.25) is 0 Å². The predicted molar refractivity (Wildman–Crippen MR) is 94.9 cm³/mol. The van der Waals surface area contributed by atoms with Gasteiger partial charge in [0.15, 0.2) is 11.5 Å². The standard InChI is InChI=1S/C19H18F3N5/c1-13-5-3-7-15(23-13)11-27(12-16-8-4-6-14(2)24-16)18-10-9-17(25-26-18)19(20,21)22/h3-10H,11-12H2,1-2H3. The summed E-state index contributed by atoms with van der Waals surface area (Å²) in [5.41, 5.74) is 2.27. The molecule has 0 N–H and O–H groups in total. The van der Waals surface area contributed by atoms with Crippen LogP contribution in [0, 0.1) is 13.8 Å². The van der Waals surface area contributed by atoms with Crippen molar-refractivity contribution in [2.45, 2.75) is 33.1 Å². The highest BCUT2D eigenvalue weighted by Crippen LogP contribution is 2.28. The van der Waals surface area contributed by atoms with E-state index >= 15 is 0 Å². The van der Waals surface area contributed by atoms with Crippen LogP contribution < -0.4 is 4.90 Å². The molecule has 3 heterocycles. The summed E-state index contributed by atoms with van der Waals surface area (Å²) >= 11 is 0. The smallest absolute Gasteiger partial charge is 0.343 e. The predicted octanol–water partition coefficient (Wildman–Crippen LogP) is 4.11. The fourth-order valence-corrected chi connectivity index (χ4v) is 2.63. The van der Waals surface area contributed by atoms with Crippen LogP contribution in [0.1, 0.15) is 28.5 Å². The third-order valence-electron chi connectivity index (χ3n) is 3.86. The van der Waals surface area contributed by atoms with Gasteiger partial charge in [-0.25, -0.2) is 0 Å². The lowest BCUT2D eigenvalue weighted by Crippen LogP contribution is -2.25. The normalized spacial score (nSPS) is 11.4. The van der Waals surface area contributed by atoms with Crippen LogP contribution in [0.2, 0.25) is 0 Å². The summed E-state index contributed by atoms with van der Waals surface area (Å²) in [5, 5.41) is 7.11. The van der Waals surface area contributed by atoms with Gasteiger partial charge in [0.25, 0.3) is 0 Å². The van der Waals surface area contributed by atoms with Gasteiger partial charge < -0.3 is 4.90 Å². The van der Waals surface area contributed by atoms with Gasteiger partial charge in [0.05, 0.1) is 24.5 Å². The molecule has 0 aromatic carbocycles. The Balaban J connectivity index is 1.91. The van der Waals surface area contributed by atoms with Crippen molar-refractivity contribution in [3.8, 4) is 0 Å². The van der Waals surface area contributed by atoms with Crippen molar-refractivity contribution < 1.29 is 13.2 Å². The van der Waals surface area contributed by atoms with E-state index in [2.05, 4.69) is 20.2 Å². The van der Waals surface area contributed by atoms with E-state index in [4.69, 9.17) is 0 Å². The van der Waals surface area contributed by atoms with Crippen molar-refractivity contribution in [2.75, 3.05) is 4.90 Å². The number of aryl methyl sites for hydroxylation is 2. The Bertz CT molecular complexity index is 862. The van der Waals surface area contributed by atoms with Crippen LogP contribution in [0.25, 0.3) is 0 Å². The molecule has 0 fully saturated rings. The molecular formula is C19H18F3N5. The number of alkyl halides is 3. The second-order valence-electron chi connectivity index (χ2n) is 6.17. The molecule has 3 aromatic heterocycles. The summed E-state index contributed by atoms with van der Waals surface area (Å²) in [6, 6.07) is 13.5. The van der Waals surface area contributed by atoms with Crippen molar-refractivity contribution in [3.63, 3.8) is 0 Å². The van der Waals surface area contributed by atoms with E-state index in [0.29, 0.717) is 18.9 Å². The van der Waals surface area contributed by atoms with Gasteiger partial charge in [0, 0.05) is 11.4 Å². The lowest BCUT2D eigenvalue weighted by molar-refractivity contribution is -0.141. The fraction of sp³-hybridized carbons (Fsp3) is 0.263. The molecule has 0 saturated heterocycles. The molecule has 8 heteroatoms. The second kappa shape index (κ2) is 7.69. The summed E-state index contributed by atoms with van der Waals surface area (Å²) in [6.07, 6.45) is -4.52. The lowest BCUT2D eigenvalue weighted by atomic mass is 10.2. The Hall–Kier alpha value is -3.03. The quantitative estimate of drug-likeness (QED) is 0.674. The van der Waals surface area contributed by atoms with E-state index < -0.39 is 11.9 Å². The van der Waals surface area contributed by atoms with E-state index in [1.165, 1.54) is 6.07 Å². The molecule has 0 atom stereocenters. The zero-order valence-electron chi connectivity index (χ0n) is 14.9. The van der Waals surface area contributed by atoms with Crippen LogP contribution >= 0.6 is 0 Å². The summed E-state index contributed by atoms with van der Waals surface area (Å²) in [5.74, 6) is 0.328. The lowest BCUT2D eigenvalue weighted by Gasteiger charge is -2.23. The van der Waals surface area contributed by atoms with E-state index in [0.717, 1.165) is 28.8 Å². The molecule has 3 rings (SSSR count). The van der Waals surface area contributed by atoms with Crippen molar-refractivity contribution >= 4 is 5.82 Å². The minimum atomic E-state index is -4.52. The molecule has 27 heavy (non-hydrogen) atoms. The molecule has 0 radical (unpaired) electrons. The first-order valence-corrected chi connectivity index (χ1v) is 8.32. The molecule has 0 saturated carbocycles. The Morgan fingerprint density at radius 1 is 0.778 bits per heavy atom. The van der Waals surface area contributed by atoms with Gasteiger partial charge in [-0.2, -0.15) is 13.2 Å². The molecule has 0 spiro atoms. The van der Waals surface area contributed by atoms with Gasteiger partial charge in [-0.05, 0) is 50.2 Å². The summed E-state index contributed by atoms with van der Waals surface area (Å²) in [7, 11) is 0. The van der Waals surface area contributed by atoms with Crippen molar-refractivity contribution in [1.82, 2.24) is 20.2 Å². The number of aromatic nitrogens is 4. The van der Waals surface area contributed by atoms with Crippen LogP contribution in [0.5, 0.6) is 0 Å². The van der Waals surface area contributed by atoms with Crippen LogP contribution in [-0.2, 0) is 19.3 Å². The van der Waals surface area contributed by atoms with Gasteiger partial charge in [-0.1, -0.05) is 12.1 Å². The molecule has 0 bridgehead atoms. The number of hydrogen-bond acceptors (Lipinski definition) is 5. The minimum absolute atomic E-state index is 0.328. The fourth-order valence-electron chi connectivity index (χ4n) is 2.63. The first-order valence-electron chi connectivity index (χ1n) is 8.32. The van der Waals surface area contributed by atoms with Crippen molar-refractivity contribution in [1.29, 1.82) is 0 Å². The van der Waals surface area contributed by atoms with Gasteiger partial charge in [0.1, 0.15) is 0 Å². The van der Waals surface area contributed by atoms with E-state index in [9.17, 15) is 13.2 Å². The SMILES string of the molecule is Cc1cccc(CN(Cc2cccc(C)n2)c2ccc(C(F)(F)F)nn2)n1. The van der Waals surface area contributed by atoms with E-state index in [1.807, 2.05) is 50.2 Å². The Morgan fingerprint density at radius 2 is 1.33 bits per heavy atom. The third kappa shape index (κ3) is 4.99. The second-order valence-corrected chi connectivity index (χ2v) is 6.17. The number of halogens is 3. The maximum atomic E-state index is 12.8. The molecule has 0 unspecified atom stereocenters. The number of anilines is 1. The topological polar surface area (TPSA) is 54.8 Å². The largest absolute Gasteiger partial charge is 0.435 e. The van der Waals surface area contributed by atoms with E-state index in [-0.39, 0.29) is 0 Å². The highest BCUT2D eigenvalue weighted by molar-refractivity contribution is 5.39. The molecule has 0 aliphatic rings. The van der Waals surface area contributed by atoms with Gasteiger partial charge in [-0.15, -0.1) is 10.2 Å². The molecule has 0 amide bonds. The van der Waals surface area contributed by atoms with E-state index in [1.54, 1.807) is 4.90 Å². The van der Waals surface area contributed by atoms with Crippen LogP contribution in [0.3, 0.4) is 0 Å². The van der Waals surface area contributed by atoms with Crippen molar-refractivity contribution in [3.05, 3.63) is 77.0 Å². The summed E-state index contributed by atoms with van der Waals surface area (Å²) < 4.78 is 38.3. The maximum absolute atomic E-state index is 12.8. The molecule has 140 valence electrons. The molecule has 0 aliphatic heterocycles. The highest BCUT2D eigenvalue weighted by Gasteiger charge is 2.33.